The number of benzene rings is 1. The number of rotatable bonds is 6. The van der Waals surface area contributed by atoms with Gasteiger partial charge < -0.3 is 15.4 Å². The highest BCUT2D eigenvalue weighted by molar-refractivity contribution is 6.33. The SMILES string of the molecule is C[C@]1(C2CC2)NC(=O)N(CC(=O)OCC(=O)Nc2ccccc2Cl)C1=O. The van der Waals surface area contributed by atoms with Crippen molar-refractivity contribution in [3.8, 4) is 0 Å². The number of nitrogens with zero attached hydrogens (tertiary/aromatic N) is 1. The van der Waals surface area contributed by atoms with Crippen molar-refractivity contribution in [2.45, 2.75) is 25.3 Å². The normalized spacial score (nSPS) is 22.2. The second-order valence-electron chi connectivity index (χ2n) is 6.49. The molecule has 3 rings (SSSR count). The average Bonchev–Trinajstić information content (AvgIpc) is 3.41. The Morgan fingerprint density at radius 3 is 2.69 bits per heavy atom. The predicted octanol–water partition coefficient (Wildman–Crippen LogP) is 1.54. The smallest absolute Gasteiger partial charge is 0.326 e. The van der Waals surface area contributed by atoms with Gasteiger partial charge in [-0.2, -0.15) is 0 Å². The molecule has 1 aliphatic carbocycles. The summed E-state index contributed by atoms with van der Waals surface area (Å²) in [6.45, 7) is 0.577. The highest BCUT2D eigenvalue weighted by atomic mass is 35.5. The lowest BCUT2D eigenvalue weighted by molar-refractivity contribution is -0.150. The van der Waals surface area contributed by atoms with Crippen molar-refractivity contribution in [3.05, 3.63) is 29.3 Å². The lowest BCUT2D eigenvalue weighted by Gasteiger charge is -2.20. The van der Waals surface area contributed by atoms with Gasteiger partial charge in [0.25, 0.3) is 11.8 Å². The zero-order valence-electron chi connectivity index (χ0n) is 14.1. The number of ether oxygens (including phenoxy) is 1. The number of anilines is 1. The van der Waals surface area contributed by atoms with Crippen molar-refractivity contribution in [3.63, 3.8) is 0 Å². The molecule has 1 atom stereocenters. The van der Waals surface area contributed by atoms with Crippen molar-refractivity contribution < 1.29 is 23.9 Å². The van der Waals surface area contributed by atoms with E-state index in [2.05, 4.69) is 10.6 Å². The molecule has 4 amide bonds. The third-order valence-corrected chi connectivity index (χ3v) is 4.82. The van der Waals surface area contributed by atoms with Gasteiger partial charge in [0.1, 0.15) is 12.1 Å². The first-order valence-electron chi connectivity index (χ1n) is 8.15. The van der Waals surface area contributed by atoms with E-state index in [1.54, 1.807) is 31.2 Å². The molecule has 1 heterocycles. The topological polar surface area (TPSA) is 105 Å². The average molecular weight is 380 g/mol. The Labute approximate surface area is 154 Å². The van der Waals surface area contributed by atoms with Gasteiger partial charge in [-0.15, -0.1) is 0 Å². The van der Waals surface area contributed by atoms with Crippen LogP contribution in [0.5, 0.6) is 0 Å². The number of esters is 1. The quantitative estimate of drug-likeness (QED) is 0.576. The van der Waals surface area contributed by atoms with Gasteiger partial charge >= 0.3 is 12.0 Å². The zero-order valence-corrected chi connectivity index (χ0v) is 14.8. The van der Waals surface area contributed by atoms with E-state index in [9.17, 15) is 19.2 Å². The molecule has 1 saturated carbocycles. The van der Waals surface area contributed by atoms with Crippen molar-refractivity contribution in [1.29, 1.82) is 0 Å². The summed E-state index contributed by atoms with van der Waals surface area (Å²) in [5.41, 5.74) is -0.566. The Morgan fingerprint density at radius 1 is 1.35 bits per heavy atom. The van der Waals surface area contributed by atoms with Crippen molar-refractivity contribution in [1.82, 2.24) is 10.2 Å². The second kappa shape index (κ2) is 6.95. The maximum absolute atomic E-state index is 12.4. The Kier molecular flexibility index (Phi) is 4.86. The van der Waals surface area contributed by atoms with E-state index in [-0.39, 0.29) is 5.92 Å². The summed E-state index contributed by atoms with van der Waals surface area (Å²) in [5, 5.41) is 5.49. The van der Waals surface area contributed by atoms with E-state index >= 15 is 0 Å². The Bertz CT molecular complexity index is 779. The molecule has 26 heavy (non-hydrogen) atoms. The Balaban J connectivity index is 1.50. The summed E-state index contributed by atoms with van der Waals surface area (Å²) in [6.07, 6.45) is 1.73. The van der Waals surface area contributed by atoms with Crippen LogP contribution in [0.3, 0.4) is 0 Å². The van der Waals surface area contributed by atoms with Gasteiger partial charge in [0.15, 0.2) is 6.61 Å². The van der Waals surface area contributed by atoms with Gasteiger partial charge in [-0.05, 0) is 37.8 Å². The standard InChI is InChI=1S/C17H18ClN3O5/c1-17(10-6-7-10)15(24)21(16(25)20-17)8-14(23)26-9-13(22)19-12-5-3-2-4-11(12)18/h2-5,10H,6-9H2,1H3,(H,19,22)(H,20,25)/t17-/m1/s1. The third kappa shape index (κ3) is 3.65. The molecule has 2 N–H and O–H groups in total. The number of para-hydroxylation sites is 1. The zero-order chi connectivity index (χ0) is 18.9. The summed E-state index contributed by atoms with van der Waals surface area (Å²) >= 11 is 5.92. The first-order chi connectivity index (χ1) is 12.3. The van der Waals surface area contributed by atoms with Crippen LogP contribution < -0.4 is 10.6 Å². The van der Waals surface area contributed by atoms with Crippen LogP contribution in [0.15, 0.2) is 24.3 Å². The number of halogens is 1. The molecule has 8 nitrogen and oxygen atoms in total. The molecule has 1 aliphatic heterocycles. The van der Waals surface area contributed by atoms with Crippen LogP contribution in [-0.2, 0) is 19.1 Å². The van der Waals surface area contributed by atoms with Crippen LogP contribution in [0, 0.1) is 5.92 Å². The first kappa shape index (κ1) is 18.2. The molecule has 2 aliphatic rings. The fraction of sp³-hybridized carbons (Fsp3) is 0.412. The van der Waals surface area contributed by atoms with Crippen molar-refractivity contribution in [2.24, 2.45) is 5.92 Å². The molecule has 0 radical (unpaired) electrons. The maximum Gasteiger partial charge on any atom is 0.326 e. The minimum absolute atomic E-state index is 0.0985. The van der Waals surface area contributed by atoms with Crippen LogP contribution in [0.25, 0.3) is 0 Å². The predicted molar refractivity (Wildman–Crippen MR) is 92.4 cm³/mol. The summed E-state index contributed by atoms with van der Waals surface area (Å²) in [6, 6.07) is 6.00. The first-order valence-corrected chi connectivity index (χ1v) is 8.53. The number of carbonyl (C=O) groups is 4. The minimum atomic E-state index is -0.960. The van der Waals surface area contributed by atoms with E-state index in [0.717, 1.165) is 17.7 Å². The molecule has 0 spiro atoms. The Hall–Kier alpha value is -2.61. The molecule has 0 bridgehead atoms. The van der Waals surface area contributed by atoms with Gasteiger partial charge in [0.2, 0.25) is 0 Å². The lowest BCUT2D eigenvalue weighted by atomic mass is 9.96. The van der Waals surface area contributed by atoms with Gasteiger partial charge in [-0.25, -0.2) is 4.79 Å². The van der Waals surface area contributed by atoms with E-state index in [1.165, 1.54) is 0 Å². The Morgan fingerprint density at radius 2 is 2.04 bits per heavy atom. The van der Waals surface area contributed by atoms with E-state index < -0.39 is 42.5 Å². The highest BCUT2D eigenvalue weighted by Gasteiger charge is 2.56. The summed E-state index contributed by atoms with van der Waals surface area (Å²) in [4.78, 5) is 49.0. The molecule has 2 fully saturated rings. The van der Waals surface area contributed by atoms with E-state index in [0.29, 0.717) is 10.7 Å². The summed E-state index contributed by atoms with van der Waals surface area (Å²) in [5.74, 6) is -1.77. The van der Waals surface area contributed by atoms with Crippen molar-refractivity contribution in [2.75, 3.05) is 18.5 Å². The number of amides is 4. The monoisotopic (exact) mass is 379 g/mol. The van der Waals surface area contributed by atoms with Gasteiger partial charge in [0, 0.05) is 0 Å². The molecule has 138 valence electrons. The fourth-order valence-corrected chi connectivity index (χ4v) is 3.05. The molecular weight excluding hydrogens is 362 g/mol. The van der Waals surface area contributed by atoms with Crippen LogP contribution in [0.4, 0.5) is 10.5 Å². The molecule has 1 saturated heterocycles. The molecule has 9 heteroatoms. The number of hydrogen-bond acceptors (Lipinski definition) is 5. The van der Waals surface area contributed by atoms with Gasteiger partial charge in [-0.3, -0.25) is 19.3 Å². The van der Waals surface area contributed by atoms with Crippen LogP contribution in [0.1, 0.15) is 19.8 Å². The van der Waals surface area contributed by atoms with Crippen LogP contribution >= 0.6 is 11.6 Å². The maximum atomic E-state index is 12.4. The number of carbonyl (C=O) groups excluding carboxylic acids is 4. The lowest BCUT2D eigenvalue weighted by Crippen LogP contribution is -2.46. The summed E-state index contributed by atoms with van der Waals surface area (Å²) in [7, 11) is 0. The number of nitrogens with one attached hydrogen (secondary N) is 2. The number of urea groups is 1. The summed E-state index contributed by atoms with van der Waals surface area (Å²) < 4.78 is 4.85. The van der Waals surface area contributed by atoms with E-state index in [4.69, 9.17) is 16.3 Å². The van der Waals surface area contributed by atoms with Gasteiger partial charge in [-0.1, -0.05) is 23.7 Å². The largest absolute Gasteiger partial charge is 0.454 e. The van der Waals surface area contributed by atoms with E-state index in [1.807, 2.05) is 0 Å². The number of imide groups is 1. The molecule has 0 aromatic heterocycles. The fourth-order valence-electron chi connectivity index (χ4n) is 2.87. The third-order valence-electron chi connectivity index (χ3n) is 4.49. The molecule has 1 aromatic rings. The van der Waals surface area contributed by atoms with Crippen molar-refractivity contribution >= 4 is 41.1 Å². The number of hydrogen-bond donors (Lipinski definition) is 2. The molecule has 0 unspecified atom stereocenters. The second-order valence-corrected chi connectivity index (χ2v) is 6.89. The van der Waals surface area contributed by atoms with Crippen LogP contribution in [0.2, 0.25) is 5.02 Å². The minimum Gasteiger partial charge on any atom is -0.454 e. The molecule has 1 aromatic carbocycles. The van der Waals surface area contributed by atoms with Crippen LogP contribution in [-0.4, -0.2) is 47.4 Å². The van der Waals surface area contributed by atoms with Gasteiger partial charge in [0.05, 0.1) is 10.7 Å². The highest BCUT2D eigenvalue weighted by Crippen LogP contribution is 2.42. The molecular formula is C17H18ClN3O5.